The number of ether oxygens (including phenoxy) is 1. The Balaban J connectivity index is 1.64. The fourth-order valence-electron chi connectivity index (χ4n) is 2.80. The Labute approximate surface area is 195 Å². The van der Waals surface area contributed by atoms with Crippen LogP contribution in [0.2, 0.25) is 0 Å². The summed E-state index contributed by atoms with van der Waals surface area (Å²) in [7, 11) is -3.66. The second-order valence-electron chi connectivity index (χ2n) is 6.85. The molecule has 0 unspecified atom stereocenters. The maximum atomic E-state index is 12.4. The van der Waals surface area contributed by atoms with Crippen LogP contribution in [0.15, 0.2) is 88.4 Å². The number of rotatable bonds is 9. The second-order valence-corrected chi connectivity index (χ2v) is 9.67. The highest BCUT2D eigenvalue weighted by Gasteiger charge is 2.20. The summed E-state index contributed by atoms with van der Waals surface area (Å²) in [4.78, 5) is 12.4. The summed E-state index contributed by atoms with van der Waals surface area (Å²) in [6.07, 6.45) is 2.51. The van der Waals surface area contributed by atoms with Gasteiger partial charge < -0.3 is 4.74 Å². The monoisotopic (exact) mass is 515 g/mol. The zero-order valence-electron chi connectivity index (χ0n) is 17.3. The molecule has 3 aromatic carbocycles. The molecule has 0 aromatic heterocycles. The normalized spacial score (nSPS) is 11.3. The molecule has 0 aliphatic rings. The van der Waals surface area contributed by atoms with Gasteiger partial charge >= 0.3 is 0 Å². The third-order valence-electron chi connectivity index (χ3n) is 4.35. The summed E-state index contributed by atoms with van der Waals surface area (Å²) in [6, 6.07) is 23.7. The molecule has 1 amide bonds. The average molecular weight is 516 g/mol. The Morgan fingerprint density at radius 2 is 1.69 bits per heavy atom. The lowest BCUT2D eigenvalue weighted by Gasteiger charge is -2.21. The van der Waals surface area contributed by atoms with E-state index in [2.05, 4.69) is 26.5 Å². The molecule has 3 aromatic rings. The average Bonchev–Trinajstić information content (AvgIpc) is 2.77. The summed E-state index contributed by atoms with van der Waals surface area (Å²) in [5, 5.41) is 3.97. The fourth-order valence-corrected chi connectivity index (χ4v) is 3.92. The number of amides is 1. The van der Waals surface area contributed by atoms with E-state index in [1.165, 1.54) is 6.21 Å². The van der Waals surface area contributed by atoms with Crippen molar-refractivity contribution >= 4 is 43.8 Å². The predicted octanol–water partition coefficient (Wildman–Crippen LogP) is 3.94. The van der Waals surface area contributed by atoms with Crippen LogP contribution >= 0.6 is 15.9 Å². The third kappa shape index (κ3) is 6.93. The lowest BCUT2D eigenvalue weighted by atomic mass is 10.2. The first-order chi connectivity index (χ1) is 15.3. The topological polar surface area (TPSA) is 88.1 Å². The number of halogens is 1. The number of sulfonamides is 1. The quantitative estimate of drug-likeness (QED) is 0.345. The molecule has 166 valence electrons. The van der Waals surface area contributed by atoms with Crippen LogP contribution in [0.25, 0.3) is 0 Å². The molecule has 7 nitrogen and oxygen atoms in total. The van der Waals surface area contributed by atoms with Gasteiger partial charge in [0.15, 0.2) is 0 Å². The number of carbonyl (C=O) groups excluding carboxylic acids is 1. The maximum Gasteiger partial charge on any atom is 0.260 e. The molecule has 0 radical (unpaired) electrons. The van der Waals surface area contributed by atoms with Gasteiger partial charge in [0.2, 0.25) is 10.0 Å². The molecule has 0 aliphatic heterocycles. The zero-order valence-corrected chi connectivity index (χ0v) is 19.7. The molecule has 0 atom stereocenters. The van der Waals surface area contributed by atoms with Crippen LogP contribution in [0.5, 0.6) is 5.75 Å². The van der Waals surface area contributed by atoms with E-state index in [1.54, 1.807) is 30.3 Å². The maximum absolute atomic E-state index is 12.4. The highest BCUT2D eigenvalue weighted by atomic mass is 79.9. The number of carbonyl (C=O) groups is 1. The van der Waals surface area contributed by atoms with Gasteiger partial charge in [-0.3, -0.25) is 9.10 Å². The Bertz CT molecular complexity index is 1180. The highest BCUT2D eigenvalue weighted by molar-refractivity contribution is 9.10. The molecule has 32 heavy (non-hydrogen) atoms. The Morgan fingerprint density at radius 3 is 2.38 bits per heavy atom. The first kappa shape index (κ1) is 23.5. The van der Waals surface area contributed by atoms with Crippen LogP contribution in [-0.4, -0.2) is 33.3 Å². The lowest BCUT2D eigenvalue weighted by Crippen LogP contribution is -2.39. The molecule has 3 rings (SSSR count). The first-order valence-electron chi connectivity index (χ1n) is 9.64. The van der Waals surface area contributed by atoms with Gasteiger partial charge in [-0.25, -0.2) is 13.8 Å². The summed E-state index contributed by atoms with van der Waals surface area (Å²) in [6.45, 7) is -0.00147. The van der Waals surface area contributed by atoms with E-state index < -0.39 is 22.5 Å². The van der Waals surface area contributed by atoms with Gasteiger partial charge in [0, 0.05) is 10.0 Å². The molecule has 0 spiro atoms. The van der Waals surface area contributed by atoms with Crippen molar-refractivity contribution in [3.63, 3.8) is 0 Å². The Morgan fingerprint density at radius 1 is 1.03 bits per heavy atom. The van der Waals surface area contributed by atoms with Crippen LogP contribution < -0.4 is 14.5 Å². The van der Waals surface area contributed by atoms with E-state index in [0.29, 0.717) is 23.6 Å². The van der Waals surface area contributed by atoms with Gasteiger partial charge in [-0.2, -0.15) is 5.10 Å². The highest BCUT2D eigenvalue weighted by Crippen LogP contribution is 2.20. The number of para-hydroxylation sites is 1. The SMILES string of the molecule is CS(=O)(=O)N(CC(=O)N/N=C\c1ccccc1OCc1ccccc1)c1ccc(Br)cc1. The molecule has 0 fully saturated rings. The summed E-state index contributed by atoms with van der Waals surface area (Å²) < 4.78 is 32.0. The van der Waals surface area contributed by atoms with Gasteiger partial charge in [0.05, 0.1) is 18.2 Å². The van der Waals surface area contributed by atoms with Gasteiger partial charge in [-0.05, 0) is 42.0 Å². The number of nitrogens with one attached hydrogen (secondary N) is 1. The number of hydrazone groups is 1. The molecule has 0 heterocycles. The van der Waals surface area contributed by atoms with E-state index in [-0.39, 0.29) is 0 Å². The molecule has 0 saturated heterocycles. The van der Waals surface area contributed by atoms with E-state index in [1.807, 2.05) is 48.5 Å². The molecular weight excluding hydrogens is 494 g/mol. The smallest absolute Gasteiger partial charge is 0.260 e. The van der Waals surface area contributed by atoms with E-state index >= 15 is 0 Å². The molecule has 0 saturated carbocycles. The minimum atomic E-state index is -3.66. The Hall–Kier alpha value is -3.17. The van der Waals surface area contributed by atoms with E-state index in [9.17, 15) is 13.2 Å². The van der Waals surface area contributed by atoms with Crippen molar-refractivity contribution in [1.29, 1.82) is 0 Å². The summed E-state index contributed by atoms with van der Waals surface area (Å²) in [5.74, 6) is 0.0410. The van der Waals surface area contributed by atoms with Gasteiger partial charge in [0.25, 0.3) is 5.91 Å². The van der Waals surface area contributed by atoms with E-state index in [0.717, 1.165) is 20.6 Å². The van der Waals surface area contributed by atoms with Crippen molar-refractivity contribution in [1.82, 2.24) is 5.43 Å². The summed E-state index contributed by atoms with van der Waals surface area (Å²) in [5.41, 5.74) is 4.47. The van der Waals surface area contributed by atoms with Crippen LogP contribution in [0, 0.1) is 0 Å². The fraction of sp³-hybridized carbons (Fsp3) is 0.130. The van der Waals surface area contributed by atoms with Crippen LogP contribution in [0.4, 0.5) is 5.69 Å². The Kier molecular flexibility index (Phi) is 8.02. The van der Waals surface area contributed by atoms with Crippen LogP contribution in [0.3, 0.4) is 0 Å². The molecule has 1 N–H and O–H groups in total. The number of nitrogens with zero attached hydrogens (tertiary/aromatic N) is 2. The predicted molar refractivity (Wildman–Crippen MR) is 129 cm³/mol. The minimum Gasteiger partial charge on any atom is -0.488 e. The lowest BCUT2D eigenvalue weighted by molar-refractivity contribution is -0.119. The number of hydrogen-bond acceptors (Lipinski definition) is 5. The van der Waals surface area contributed by atoms with Crippen molar-refractivity contribution in [2.45, 2.75) is 6.61 Å². The first-order valence-corrected chi connectivity index (χ1v) is 12.3. The molecule has 0 bridgehead atoms. The largest absolute Gasteiger partial charge is 0.488 e. The van der Waals surface area contributed by atoms with Crippen molar-refractivity contribution in [3.05, 3.63) is 94.5 Å². The number of benzene rings is 3. The second kappa shape index (κ2) is 10.9. The van der Waals surface area contributed by atoms with Gasteiger partial charge in [0.1, 0.15) is 18.9 Å². The number of anilines is 1. The van der Waals surface area contributed by atoms with E-state index in [4.69, 9.17) is 4.74 Å². The van der Waals surface area contributed by atoms with Crippen molar-refractivity contribution in [2.75, 3.05) is 17.1 Å². The summed E-state index contributed by atoms with van der Waals surface area (Å²) >= 11 is 3.31. The molecular formula is C23H22BrN3O4S. The number of hydrogen-bond donors (Lipinski definition) is 1. The van der Waals surface area contributed by atoms with Crippen molar-refractivity contribution in [3.8, 4) is 5.75 Å². The van der Waals surface area contributed by atoms with Crippen molar-refractivity contribution < 1.29 is 17.9 Å². The standard InChI is InChI=1S/C23H22BrN3O4S/c1-32(29,30)27(21-13-11-20(24)12-14-21)16-23(28)26-25-15-19-9-5-6-10-22(19)31-17-18-7-3-2-4-8-18/h2-15H,16-17H2,1H3,(H,26,28)/b25-15-. The third-order valence-corrected chi connectivity index (χ3v) is 6.02. The minimum absolute atomic E-state index is 0.384. The van der Waals surface area contributed by atoms with Crippen molar-refractivity contribution in [2.24, 2.45) is 5.10 Å². The zero-order chi connectivity index (χ0) is 23.0. The van der Waals surface area contributed by atoms with Gasteiger partial charge in [-0.1, -0.05) is 58.4 Å². The van der Waals surface area contributed by atoms with Crippen LogP contribution in [-0.2, 0) is 21.4 Å². The van der Waals surface area contributed by atoms with Crippen LogP contribution in [0.1, 0.15) is 11.1 Å². The molecule has 0 aliphatic carbocycles. The molecule has 9 heteroatoms. The van der Waals surface area contributed by atoms with Gasteiger partial charge in [-0.15, -0.1) is 0 Å².